The van der Waals surface area contributed by atoms with Crippen LogP contribution in [0.4, 0.5) is 0 Å². The molecule has 0 N–H and O–H groups in total. The first-order valence-electron chi connectivity index (χ1n) is 8.04. The van der Waals surface area contributed by atoms with E-state index in [1.54, 1.807) is 10.6 Å². The van der Waals surface area contributed by atoms with Gasteiger partial charge in [-0.15, -0.1) is 16.8 Å². The first kappa shape index (κ1) is 16.9. The molecule has 0 saturated heterocycles. The molecule has 0 amide bonds. The maximum atomic E-state index is 12.8. The number of halogens is 1. The summed E-state index contributed by atoms with van der Waals surface area (Å²) < 4.78 is 3.50. The fraction of sp³-hybridized carbons (Fsp3) is 0.105. The van der Waals surface area contributed by atoms with Gasteiger partial charge in [-0.1, -0.05) is 59.8 Å². The van der Waals surface area contributed by atoms with Crippen molar-refractivity contribution in [1.82, 2.24) is 19.2 Å². The number of hydrogen-bond acceptors (Lipinski definition) is 4. The molecule has 130 valence electrons. The summed E-state index contributed by atoms with van der Waals surface area (Å²) in [6.45, 7) is 4.11. The van der Waals surface area contributed by atoms with E-state index in [9.17, 15) is 4.79 Å². The fourth-order valence-electron chi connectivity index (χ4n) is 2.88. The average Bonchev–Trinajstić information content (AvgIpc) is 3.08. The molecule has 2 aromatic carbocycles. The molecule has 26 heavy (non-hydrogen) atoms. The molecule has 0 aliphatic carbocycles. The van der Waals surface area contributed by atoms with Crippen molar-refractivity contribution in [2.24, 2.45) is 0 Å². The molecule has 0 aliphatic heterocycles. The van der Waals surface area contributed by atoms with E-state index in [0.29, 0.717) is 28.6 Å². The van der Waals surface area contributed by atoms with Gasteiger partial charge in [-0.2, -0.15) is 0 Å². The number of para-hydroxylation sites is 1. The van der Waals surface area contributed by atoms with Gasteiger partial charge in [0.25, 0.3) is 5.56 Å². The molecule has 2 aromatic heterocycles. The standard InChI is InChI=1S/C19H15ClN4OS/c1-2-11-23-17(25)14-8-4-6-10-16(14)24-18(23)21-22-19(24)26-12-13-7-3-5-9-15(13)20/h2-10H,1,11-12H2. The van der Waals surface area contributed by atoms with Crippen LogP contribution in [-0.4, -0.2) is 19.2 Å². The summed E-state index contributed by atoms with van der Waals surface area (Å²) in [5.41, 5.74) is 1.72. The normalized spacial score (nSPS) is 11.3. The minimum atomic E-state index is -0.0944. The molecule has 0 spiro atoms. The molecule has 2 heterocycles. The number of rotatable bonds is 5. The van der Waals surface area contributed by atoms with Crippen molar-refractivity contribution in [2.75, 3.05) is 0 Å². The number of aromatic nitrogens is 4. The van der Waals surface area contributed by atoms with Gasteiger partial charge in [0.2, 0.25) is 5.78 Å². The Hall–Kier alpha value is -2.57. The van der Waals surface area contributed by atoms with Crippen LogP contribution in [0.2, 0.25) is 5.02 Å². The van der Waals surface area contributed by atoms with Crippen LogP contribution >= 0.6 is 23.4 Å². The second-order valence-corrected chi connectivity index (χ2v) is 7.07. The predicted octanol–water partition coefficient (Wildman–Crippen LogP) is 4.18. The lowest BCUT2D eigenvalue weighted by Gasteiger charge is -2.09. The van der Waals surface area contributed by atoms with E-state index in [4.69, 9.17) is 11.6 Å². The Bertz CT molecular complexity index is 1180. The lowest BCUT2D eigenvalue weighted by molar-refractivity contribution is 0.783. The number of hydrogen-bond donors (Lipinski definition) is 0. The Labute approximate surface area is 158 Å². The molecular weight excluding hydrogens is 368 g/mol. The Morgan fingerprint density at radius 2 is 1.88 bits per heavy atom. The molecule has 4 aromatic rings. The quantitative estimate of drug-likeness (QED) is 0.384. The summed E-state index contributed by atoms with van der Waals surface area (Å²) in [7, 11) is 0. The van der Waals surface area contributed by atoms with E-state index in [1.165, 1.54) is 11.8 Å². The van der Waals surface area contributed by atoms with Gasteiger partial charge in [0, 0.05) is 17.3 Å². The highest BCUT2D eigenvalue weighted by Crippen LogP contribution is 2.27. The largest absolute Gasteiger partial charge is 0.272 e. The maximum Gasteiger partial charge on any atom is 0.263 e. The zero-order chi connectivity index (χ0) is 18.1. The van der Waals surface area contributed by atoms with Crippen molar-refractivity contribution < 1.29 is 0 Å². The predicted molar refractivity (Wildman–Crippen MR) is 106 cm³/mol. The summed E-state index contributed by atoms with van der Waals surface area (Å²) >= 11 is 7.79. The third kappa shape index (κ3) is 2.81. The minimum Gasteiger partial charge on any atom is -0.272 e. The van der Waals surface area contributed by atoms with Gasteiger partial charge in [-0.3, -0.25) is 13.8 Å². The molecule has 0 unspecified atom stereocenters. The Kier molecular flexibility index (Phi) is 4.53. The highest BCUT2D eigenvalue weighted by molar-refractivity contribution is 7.98. The van der Waals surface area contributed by atoms with Crippen molar-refractivity contribution in [2.45, 2.75) is 17.5 Å². The monoisotopic (exact) mass is 382 g/mol. The molecule has 0 bridgehead atoms. The van der Waals surface area contributed by atoms with Crippen molar-refractivity contribution in [1.29, 1.82) is 0 Å². The van der Waals surface area contributed by atoms with Crippen LogP contribution in [0, 0.1) is 0 Å². The number of nitrogens with zero attached hydrogens (tertiary/aromatic N) is 4. The topological polar surface area (TPSA) is 52.2 Å². The van der Waals surface area contributed by atoms with E-state index in [2.05, 4.69) is 16.8 Å². The zero-order valence-electron chi connectivity index (χ0n) is 13.8. The molecule has 0 aliphatic rings. The molecule has 0 atom stereocenters. The summed E-state index contributed by atoms with van der Waals surface area (Å²) in [5.74, 6) is 1.17. The summed E-state index contributed by atoms with van der Waals surface area (Å²) in [6.07, 6.45) is 1.68. The lowest BCUT2D eigenvalue weighted by Crippen LogP contribution is -2.22. The van der Waals surface area contributed by atoms with Gasteiger partial charge in [0.1, 0.15) is 0 Å². The van der Waals surface area contributed by atoms with Crippen LogP contribution in [0.15, 0.2) is 71.1 Å². The van der Waals surface area contributed by atoms with Crippen LogP contribution in [0.5, 0.6) is 0 Å². The summed E-state index contributed by atoms with van der Waals surface area (Å²) in [4.78, 5) is 12.8. The molecular formula is C19H15ClN4OS. The fourth-order valence-corrected chi connectivity index (χ4v) is 4.10. The number of thioether (sulfide) groups is 1. The Balaban J connectivity index is 1.88. The zero-order valence-corrected chi connectivity index (χ0v) is 15.4. The van der Waals surface area contributed by atoms with Gasteiger partial charge in [0.15, 0.2) is 5.16 Å². The van der Waals surface area contributed by atoms with E-state index in [0.717, 1.165) is 16.1 Å². The molecule has 0 fully saturated rings. The van der Waals surface area contributed by atoms with E-state index in [-0.39, 0.29) is 5.56 Å². The number of fused-ring (bicyclic) bond motifs is 3. The highest BCUT2D eigenvalue weighted by atomic mass is 35.5. The minimum absolute atomic E-state index is 0.0944. The van der Waals surface area contributed by atoms with E-state index in [1.807, 2.05) is 52.9 Å². The third-order valence-electron chi connectivity index (χ3n) is 4.10. The van der Waals surface area contributed by atoms with Gasteiger partial charge in [0.05, 0.1) is 10.9 Å². The number of benzene rings is 2. The summed E-state index contributed by atoms with van der Waals surface area (Å²) in [5, 5.41) is 10.6. The molecule has 5 nitrogen and oxygen atoms in total. The molecule has 0 saturated carbocycles. The SMILES string of the molecule is C=CCn1c(=O)c2ccccc2n2c(SCc3ccccc3Cl)nnc12. The second kappa shape index (κ2) is 6.97. The first-order chi connectivity index (χ1) is 12.7. The number of allylic oxidation sites excluding steroid dienone is 1. The molecule has 0 radical (unpaired) electrons. The van der Waals surface area contributed by atoms with Crippen molar-refractivity contribution in [3.8, 4) is 0 Å². The second-order valence-electron chi connectivity index (χ2n) is 5.72. The smallest absolute Gasteiger partial charge is 0.263 e. The van der Waals surface area contributed by atoms with Crippen LogP contribution < -0.4 is 5.56 Å². The van der Waals surface area contributed by atoms with Crippen molar-refractivity contribution >= 4 is 40.0 Å². The lowest BCUT2D eigenvalue weighted by atomic mass is 10.2. The van der Waals surface area contributed by atoms with Crippen molar-refractivity contribution in [3.63, 3.8) is 0 Å². The average molecular weight is 383 g/mol. The maximum absolute atomic E-state index is 12.8. The third-order valence-corrected chi connectivity index (χ3v) is 5.45. The van der Waals surface area contributed by atoms with Crippen LogP contribution in [0.3, 0.4) is 0 Å². The van der Waals surface area contributed by atoms with Gasteiger partial charge >= 0.3 is 0 Å². The summed E-state index contributed by atoms with van der Waals surface area (Å²) in [6, 6.07) is 15.2. The first-order valence-corrected chi connectivity index (χ1v) is 9.41. The Morgan fingerprint density at radius 1 is 1.12 bits per heavy atom. The van der Waals surface area contributed by atoms with Crippen LogP contribution in [0.25, 0.3) is 16.7 Å². The van der Waals surface area contributed by atoms with Crippen molar-refractivity contribution in [3.05, 3.63) is 82.1 Å². The molecule has 4 rings (SSSR count). The van der Waals surface area contributed by atoms with E-state index >= 15 is 0 Å². The van der Waals surface area contributed by atoms with Gasteiger partial charge in [-0.25, -0.2) is 0 Å². The van der Waals surface area contributed by atoms with E-state index < -0.39 is 0 Å². The molecule has 7 heteroatoms. The van der Waals surface area contributed by atoms with Crippen LogP contribution in [-0.2, 0) is 12.3 Å². The van der Waals surface area contributed by atoms with Crippen LogP contribution in [0.1, 0.15) is 5.56 Å². The van der Waals surface area contributed by atoms with Gasteiger partial charge < -0.3 is 0 Å². The van der Waals surface area contributed by atoms with Gasteiger partial charge in [-0.05, 0) is 23.8 Å². The Morgan fingerprint density at radius 3 is 2.69 bits per heavy atom. The highest BCUT2D eigenvalue weighted by Gasteiger charge is 2.16.